The molecule has 1 aromatic rings. The van der Waals surface area contributed by atoms with E-state index in [4.69, 9.17) is 5.73 Å². The van der Waals surface area contributed by atoms with Crippen LogP contribution in [0.25, 0.3) is 0 Å². The molecule has 4 nitrogen and oxygen atoms in total. The number of piperazine rings is 1. The van der Waals surface area contributed by atoms with Gasteiger partial charge in [0, 0.05) is 44.5 Å². The number of halogens is 2. The molecule has 0 saturated carbocycles. The highest BCUT2D eigenvalue weighted by atomic mass is 35.5. The van der Waals surface area contributed by atoms with Gasteiger partial charge in [0.15, 0.2) is 0 Å². The highest BCUT2D eigenvalue weighted by molar-refractivity contribution is 5.85. The molecule has 0 radical (unpaired) electrons. The van der Waals surface area contributed by atoms with Crippen molar-refractivity contribution in [2.75, 3.05) is 31.9 Å². The van der Waals surface area contributed by atoms with Gasteiger partial charge in [0.2, 0.25) is 0 Å². The van der Waals surface area contributed by atoms with Gasteiger partial charge < -0.3 is 10.8 Å². The van der Waals surface area contributed by atoms with E-state index in [9.17, 15) is 5.11 Å². The first-order valence-corrected chi connectivity index (χ1v) is 7.57. The normalized spacial score (nSPS) is 20.8. The van der Waals surface area contributed by atoms with Crippen LogP contribution in [0.1, 0.15) is 25.8 Å². The number of aliphatic hydroxyl groups is 1. The summed E-state index contributed by atoms with van der Waals surface area (Å²) in [7, 11) is 0. The summed E-state index contributed by atoms with van der Waals surface area (Å²) < 4.78 is 0. The fourth-order valence-corrected chi connectivity index (χ4v) is 3.02. The molecule has 3 N–H and O–H groups in total. The van der Waals surface area contributed by atoms with Crippen molar-refractivity contribution < 1.29 is 5.11 Å². The largest absolute Gasteiger partial charge is 0.399 e. The molecule has 2 rings (SSSR count). The lowest BCUT2D eigenvalue weighted by atomic mass is 10.1. The third-order valence-corrected chi connectivity index (χ3v) is 4.02. The molecule has 1 aliphatic heterocycles. The third kappa shape index (κ3) is 6.31. The van der Waals surface area contributed by atoms with Crippen LogP contribution < -0.4 is 5.73 Å². The Morgan fingerprint density at radius 1 is 1.32 bits per heavy atom. The topological polar surface area (TPSA) is 52.7 Å². The molecule has 2 unspecified atom stereocenters. The van der Waals surface area contributed by atoms with E-state index in [0.29, 0.717) is 6.04 Å². The maximum atomic E-state index is 9.58. The fraction of sp³-hybridized carbons (Fsp3) is 0.625. The van der Waals surface area contributed by atoms with Gasteiger partial charge in [-0.25, -0.2) is 0 Å². The Balaban J connectivity index is 0.00000220. The molecule has 0 spiro atoms. The van der Waals surface area contributed by atoms with Crippen LogP contribution in [-0.4, -0.2) is 53.2 Å². The molecule has 2 atom stereocenters. The minimum absolute atomic E-state index is 0. The second kappa shape index (κ2) is 10.3. The maximum absolute atomic E-state index is 9.58. The minimum Gasteiger partial charge on any atom is -0.399 e. The van der Waals surface area contributed by atoms with Crippen molar-refractivity contribution in [1.29, 1.82) is 0 Å². The van der Waals surface area contributed by atoms with E-state index >= 15 is 0 Å². The zero-order valence-electron chi connectivity index (χ0n) is 13.4. The van der Waals surface area contributed by atoms with Crippen LogP contribution in [0.15, 0.2) is 24.3 Å². The van der Waals surface area contributed by atoms with Crippen LogP contribution in [0.4, 0.5) is 5.69 Å². The number of nitrogens with two attached hydrogens (primary N) is 1. The highest BCUT2D eigenvalue weighted by Crippen LogP contribution is 2.17. The first-order valence-electron chi connectivity index (χ1n) is 7.57. The van der Waals surface area contributed by atoms with Gasteiger partial charge in [0.1, 0.15) is 0 Å². The predicted molar refractivity (Wildman–Crippen MR) is 98.0 cm³/mol. The first kappa shape index (κ1) is 21.5. The monoisotopic (exact) mass is 349 g/mol. The van der Waals surface area contributed by atoms with Crippen molar-refractivity contribution in [2.24, 2.45) is 0 Å². The molecule has 1 heterocycles. The molecule has 6 heteroatoms. The number of hydrogen-bond acceptors (Lipinski definition) is 4. The number of benzene rings is 1. The number of anilines is 1. The van der Waals surface area contributed by atoms with Crippen molar-refractivity contribution in [1.82, 2.24) is 9.80 Å². The van der Waals surface area contributed by atoms with E-state index < -0.39 is 0 Å². The summed E-state index contributed by atoms with van der Waals surface area (Å²) in [6.07, 6.45) is 0.879. The zero-order chi connectivity index (χ0) is 14.5. The summed E-state index contributed by atoms with van der Waals surface area (Å²) in [6, 6.07) is 8.69. The Bertz CT molecular complexity index is 432. The van der Waals surface area contributed by atoms with E-state index in [1.807, 2.05) is 19.1 Å². The number of hydrogen-bond donors (Lipinski definition) is 2. The third-order valence-electron chi connectivity index (χ3n) is 4.02. The van der Waals surface area contributed by atoms with Crippen molar-refractivity contribution in [3.8, 4) is 0 Å². The average molecular weight is 350 g/mol. The lowest BCUT2D eigenvalue weighted by Gasteiger charge is -2.41. The second-order valence-corrected chi connectivity index (χ2v) is 5.89. The van der Waals surface area contributed by atoms with Gasteiger partial charge in [-0.2, -0.15) is 0 Å². The Kier molecular flexibility index (Phi) is 10.0. The number of nitrogen functional groups attached to an aromatic ring is 1. The van der Waals surface area contributed by atoms with Gasteiger partial charge in [-0.1, -0.05) is 19.1 Å². The van der Waals surface area contributed by atoms with Gasteiger partial charge in [0.25, 0.3) is 0 Å². The van der Waals surface area contributed by atoms with E-state index in [-0.39, 0.29) is 30.9 Å². The standard InChI is InChI=1S/C16H27N3O.2ClH/c1-3-16-12-18(7-8-19(16)10-13(2)20)11-14-5-4-6-15(17)9-14;;/h4-6,9,13,16,20H,3,7-8,10-12,17H2,1-2H3;2*1H. The van der Waals surface area contributed by atoms with Gasteiger partial charge in [0.05, 0.1) is 6.10 Å². The summed E-state index contributed by atoms with van der Waals surface area (Å²) in [5.41, 5.74) is 7.96. The average Bonchev–Trinajstić information content (AvgIpc) is 2.40. The summed E-state index contributed by atoms with van der Waals surface area (Å²) >= 11 is 0. The molecule has 22 heavy (non-hydrogen) atoms. The lowest BCUT2D eigenvalue weighted by molar-refractivity contribution is 0.0338. The Morgan fingerprint density at radius 2 is 2.05 bits per heavy atom. The summed E-state index contributed by atoms with van der Waals surface area (Å²) in [4.78, 5) is 4.90. The quantitative estimate of drug-likeness (QED) is 0.801. The number of β-amino-alcohol motifs (C(OH)–C–C–N with tert-alkyl or cyclic N) is 1. The minimum atomic E-state index is -0.246. The van der Waals surface area contributed by atoms with E-state index in [1.54, 1.807) is 0 Å². The van der Waals surface area contributed by atoms with Crippen molar-refractivity contribution in [2.45, 2.75) is 39.0 Å². The van der Waals surface area contributed by atoms with Crippen LogP contribution in [0, 0.1) is 0 Å². The summed E-state index contributed by atoms with van der Waals surface area (Å²) in [5, 5.41) is 9.58. The van der Waals surface area contributed by atoms with Crippen LogP contribution in [0.5, 0.6) is 0 Å². The fourth-order valence-electron chi connectivity index (χ4n) is 3.02. The highest BCUT2D eigenvalue weighted by Gasteiger charge is 2.26. The van der Waals surface area contributed by atoms with Crippen molar-refractivity contribution in [3.05, 3.63) is 29.8 Å². The van der Waals surface area contributed by atoms with Crippen LogP contribution in [0.3, 0.4) is 0 Å². The van der Waals surface area contributed by atoms with E-state index in [0.717, 1.165) is 44.8 Å². The van der Waals surface area contributed by atoms with Crippen molar-refractivity contribution >= 4 is 30.5 Å². The summed E-state index contributed by atoms with van der Waals surface area (Å²) in [6.45, 7) is 8.99. The summed E-state index contributed by atoms with van der Waals surface area (Å²) in [5.74, 6) is 0. The molecule has 1 aromatic carbocycles. The number of rotatable bonds is 5. The predicted octanol–water partition coefficient (Wildman–Crippen LogP) is 2.39. The van der Waals surface area contributed by atoms with E-state index in [1.165, 1.54) is 5.56 Å². The van der Waals surface area contributed by atoms with Crippen LogP contribution in [0.2, 0.25) is 0 Å². The maximum Gasteiger partial charge on any atom is 0.0639 e. The molecule has 0 bridgehead atoms. The molecule has 128 valence electrons. The first-order chi connectivity index (χ1) is 9.58. The van der Waals surface area contributed by atoms with Gasteiger partial charge in [-0.05, 0) is 31.0 Å². The molecular formula is C16H29Cl2N3O. The SMILES string of the molecule is CCC1CN(Cc2cccc(N)c2)CCN1CC(C)O.Cl.Cl. The molecule has 1 fully saturated rings. The lowest BCUT2D eigenvalue weighted by Crippen LogP contribution is -2.54. The molecule has 0 amide bonds. The Morgan fingerprint density at radius 3 is 2.64 bits per heavy atom. The molecule has 1 saturated heterocycles. The smallest absolute Gasteiger partial charge is 0.0639 e. The number of aliphatic hydroxyl groups excluding tert-OH is 1. The van der Waals surface area contributed by atoms with Gasteiger partial charge in [-0.15, -0.1) is 24.8 Å². The van der Waals surface area contributed by atoms with Gasteiger partial charge in [-0.3, -0.25) is 9.80 Å². The number of nitrogens with zero attached hydrogens (tertiary/aromatic N) is 2. The molecular weight excluding hydrogens is 321 g/mol. The Hall–Kier alpha value is -0.520. The van der Waals surface area contributed by atoms with E-state index in [2.05, 4.69) is 28.9 Å². The van der Waals surface area contributed by atoms with Crippen LogP contribution in [-0.2, 0) is 6.54 Å². The van der Waals surface area contributed by atoms with Crippen LogP contribution >= 0.6 is 24.8 Å². The molecule has 1 aliphatic rings. The van der Waals surface area contributed by atoms with Crippen molar-refractivity contribution in [3.63, 3.8) is 0 Å². The Labute approximate surface area is 146 Å². The molecule has 0 aliphatic carbocycles. The second-order valence-electron chi connectivity index (χ2n) is 5.89. The molecule has 0 aromatic heterocycles. The zero-order valence-corrected chi connectivity index (χ0v) is 15.1. The van der Waals surface area contributed by atoms with Gasteiger partial charge >= 0.3 is 0 Å².